The molecular formula is C12H15Br2NO2. The molecule has 0 aromatic heterocycles. The van der Waals surface area contributed by atoms with Gasteiger partial charge in [-0.2, -0.15) is 0 Å². The number of nitrogens with one attached hydrogen (secondary N) is 1. The predicted molar refractivity (Wildman–Crippen MR) is 75.1 cm³/mol. The van der Waals surface area contributed by atoms with Gasteiger partial charge in [-0.25, -0.2) is 0 Å². The van der Waals surface area contributed by atoms with Gasteiger partial charge in [0, 0.05) is 8.95 Å². The number of hydrogen-bond acceptors (Lipinski definition) is 2. The van der Waals surface area contributed by atoms with Crippen molar-refractivity contribution < 1.29 is 9.90 Å². The minimum Gasteiger partial charge on any atom is -0.391 e. The summed E-state index contributed by atoms with van der Waals surface area (Å²) in [4.78, 5) is 12.0. The van der Waals surface area contributed by atoms with Crippen molar-refractivity contribution in [3.8, 4) is 0 Å². The van der Waals surface area contributed by atoms with Gasteiger partial charge in [-0.15, -0.1) is 0 Å². The van der Waals surface area contributed by atoms with Gasteiger partial charge in [-0.05, 0) is 54.9 Å². The molecule has 0 bridgehead atoms. The maximum absolute atomic E-state index is 12.0. The standard InChI is InChI=1S/C12H15Br2NO2/c1-7(16)12(2,3)15-11(17)9-5-4-8(13)6-10(9)14/h4-7,16H,1-3H3,(H,15,17). The van der Waals surface area contributed by atoms with Crippen LogP contribution in [0.3, 0.4) is 0 Å². The lowest BCUT2D eigenvalue weighted by Gasteiger charge is -2.29. The maximum atomic E-state index is 12.0. The van der Waals surface area contributed by atoms with Gasteiger partial charge in [0.05, 0.1) is 17.2 Å². The van der Waals surface area contributed by atoms with Crippen LogP contribution in [-0.2, 0) is 0 Å². The zero-order valence-corrected chi connectivity index (χ0v) is 13.1. The molecule has 3 nitrogen and oxygen atoms in total. The third-order valence-corrected chi connectivity index (χ3v) is 3.81. The predicted octanol–water partition coefficient (Wildman–Crippen LogP) is 3.10. The second-order valence-electron chi connectivity index (χ2n) is 4.48. The zero-order chi connectivity index (χ0) is 13.2. The number of aliphatic hydroxyl groups excluding tert-OH is 1. The van der Waals surface area contributed by atoms with Crippen molar-refractivity contribution in [2.75, 3.05) is 0 Å². The monoisotopic (exact) mass is 363 g/mol. The van der Waals surface area contributed by atoms with Crippen molar-refractivity contribution in [1.82, 2.24) is 5.32 Å². The number of hydrogen-bond donors (Lipinski definition) is 2. The van der Waals surface area contributed by atoms with E-state index in [9.17, 15) is 9.90 Å². The first-order valence-electron chi connectivity index (χ1n) is 5.19. The Hall–Kier alpha value is -0.390. The second-order valence-corrected chi connectivity index (χ2v) is 6.25. The summed E-state index contributed by atoms with van der Waals surface area (Å²) in [6.45, 7) is 5.21. The summed E-state index contributed by atoms with van der Waals surface area (Å²) < 4.78 is 1.61. The highest BCUT2D eigenvalue weighted by Crippen LogP contribution is 2.22. The molecule has 5 heteroatoms. The summed E-state index contributed by atoms with van der Waals surface area (Å²) in [5.41, 5.74) is -0.120. The van der Waals surface area contributed by atoms with E-state index in [1.807, 2.05) is 6.07 Å². The summed E-state index contributed by atoms with van der Waals surface area (Å²) in [6, 6.07) is 5.33. The third-order valence-electron chi connectivity index (χ3n) is 2.66. The fourth-order valence-electron chi connectivity index (χ4n) is 1.14. The zero-order valence-electron chi connectivity index (χ0n) is 9.92. The van der Waals surface area contributed by atoms with Gasteiger partial charge in [0.2, 0.25) is 0 Å². The number of rotatable bonds is 3. The Balaban J connectivity index is 2.91. The molecule has 1 aromatic carbocycles. The Kier molecular flexibility index (Phi) is 4.75. The molecule has 1 rings (SSSR count). The number of carbonyl (C=O) groups is 1. The Morgan fingerprint density at radius 2 is 2.00 bits per heavy atom. The van der Waals surface area contributed by atoms with Crippen LogP contribution in [0.1, 0.15) is 31.1 Å². The Labute approximate surface area is 118 Å². The van der Waals surface area contributed by atoms with Gasteiger partial charge in [0.1, 0.15) is 0 Å². The molecule has 94 valence electrons. The highest BCUT2D eigenvalue weighted by molar-refractivity contribution is 9.11. The van der Waals surface area contributed by atoms with Crippen LogP contribution in [0, 0.1) is 0 Å². The number of aliphatic hydroxyl groups is 1. The fourth-order valence-corrected chi connectivity index (χ4v) is 2.37. The lowest BCUT2D eigenvalue weighted by atomic mass is 9.98. The number of benzene rings is 1. The summed E-state index contributed by atoms with van der Waals surface area (Å²) in [6.07, 6.45) is -0.624. The molecule has 17 heavy (non-hydrogen) atoms. The molecule has 0 aliphatic heterocycles. The van der Waals surface area contributed by atoms with Gasteiger partial charge < -0.3 is 10.4 Å². The molecule has 1 atom stereocenters. The molecule has 0 aliphatic rings. The van der Waals surface area contributed by atoms with E-state index < -0.39 is 11.6 Å². The molecule has 0 fully saturated rings. The highest BCUT2D eigenvalue weighted by atomic mass is 79.9. The average molecular weight is 365 g/mol. The van der Waals surface area contributed by atoms with Crippen molar-refractivity contribution in [2.24, 2.45) is 0 Å². The van der Waals surface area contributed by atoms with E-state index in [0.29, 0.717) is 10.0 Å². The van der Waals surface area contributed by atoms with Crippen LogP contribution in [-0.4, -0.2) is 22.7 Å². The van der Waals surface area contributed by atoms with Crippen LogP contribution in [0.4, 0.5) is 0 Å². The van der Waals surface area contributed by atoms with E-state index in [-0.39, 0.29) is 5.91 Å². The molecule has 0 heterocycles. The first kappa shape index (κ1) is 14.7. The smallest absolute Gasteiger partial charge is 0.252 e. The largest absolute Gasteiger partial charge is 0.391 e. The summed E-state index contributed by atoms with van der Waals surface area (Å²) in [5, 5.41) is 12.4. The molecule has 0 saturated heterocycles. The van der Waals surface area contributed by atoms with Crippen LogP contribution < -0.4 is 5.32 Å². The topological polar surface area (TPSA) is 49.3 Å². The summed E-state index contributed by atoms with van der Waals surface area (Å²) in [5.74, 6) is -0.213. The summed E-state index contributed by atoms with van der Waals surface area (Å²) in [7, 11) is 0. The van der Waals surface area contributed by atoms with Crippen molar-refractivity contribution in [3.63, 3.8) is 0 Å². The van der Waals surface area contributed by atoms with Crippen LogP contribution >= 0.6 is 31.9 Å². The van der Waals surface area contributed by atoms with E-state index in [2.05, 4.69) is 37.2 Å². The lowest BCUT2D eigenvalue weighted by Crippen LogP contribution is -2.51. The number of amides is 1. The van der Waals surface area contributed by atoms with Gasteiger partial charge in [0.25, 0.3) is 5.91 Å². The minimum absolute atomic E-state index is 0.213. The van der Waals surface area contributed by atoms with Crippen molar-refractivity contribution in [3.05, 3.63) is 32.7 Å². The van der Waals surface area contributed by atoms with Gasteiger partial charge in [0.15, 0.2) is 0 Å². The summed E-state index contributed by atoms with van der Waals surface area (Å²) >= 11 is 6.67. The Morgan fingerprint density at radius 3 is 2.47 bits per heavy atom. The van der Waals surface area contributed by atoms with Crippen molar-refractivity contribution >= 4 is 37.8 Å². The normalized spacial score (nSPS) is 13.3. The first-order chi connectivity index (χ1) is 7.74. The van der Waals surface area contributed by atoms with E-state index in [1.54, 1.807) is 32.9 Å². The van der Waals surface area contributed by atoms with E-state index in [0.717, 1.165) is 4.47 Å². The molecule has 0 aliphatic carbocycles. The van der Waals surface area contributed by atoms with Crippen LogP contribution in [0.5, 0.6) is 0 Å². The maximum Gasteiger partial charge on any atom is 0.252 e. The fraction of sp³-hybridized carbons (Fsp3) is 0.417. The van der Waals surface area contributed by atoms with Gasteiger partial charge >= 0.3 is 0 Å². The number of halogens is 2. The van der Waals surface area contributed by atoms with Crippen molar-refractivity contribution in [2.45, 2.75) is 32.4 Å². The van der Waals surface area contributed by atoms with E-state index in [4.69, 9.17) is 0 Å². The van der Waals surface area contributed by atoms with Gasteiger partial charge in [-0.3, -0.25) is 4.79 Å². The van der Waals surface area contributed by atoms with Gasteiger partial charge in [-0.1, -0.05) is 15.9 Å². The average Bonchev–Trinajstić information content (AvgIpc) is 2.15. The van der Waals surface area contributed by atoms with Crippen LogP contribution in [0.25, 0.3) is 0 Å². The number of carbonyl (C=O) groups excluding carboxylic acids is 1. The Morgan fingerprint density at radius 1 is 1.41 bits per heavy atom. The molecule has 1 amide bonds. The van der Waals surface area contributed by atoms with E-state index >= 15 is 0 Å². The SMILES string of the molecule is CC(O)C(C)(C)NC(=O)c1ccc(Br)cc1Br. The minimum atomic E-state index is -0.663. The van der Waals surface area contributed by atoms with Crippen LogP contribution in [0.2, 0.25) is 0 Å². The molecule has 0 saturated carbocycles. The molecule has 2 N–H and O–H groups in total. The highest BCUT2D eigenvalue weighted by Gasteiger charge is 2.27. The van der Waals surface area contributed by atoms with E-state index in [1.165, 1.54) is 0 Å². The van der Waals surface area contributed by atoms with Crippen molar-refractivity contribution in [1.29, 1.82) is 0 Å². The molecule has 0 radical (unpaired) electrons. The molecule has 1 aromatic rings. The Bertz CT molecular complexity index is 431. The molecule has 0 spiro atoms. The molecule has 1 unspecified atom stereocenters. The first-order valence-corrected chi connectivity index (χ1v) is 6.78. The quantitative estimate of drug-likeness (QED) is 0.865. The third kappa shape index (κ3) is 3.79. The van der Waals surface area contributed by atoms with Crippen LogP contribution in [0.15, 0.2) is 27.1 Å². The second kappa shape index (κ2) is 5.50. The lowest BCUT2D eigenvalue weighted by molar-refractivity contribution is 0.0709. The molecular weight excluding hydrogens is 350 g/mol.